The van der Waals surface area contributed by atoms with Crippen LogP contribution in [0.25, 0.3) is 22.5 Å². The van der Waals surface area contributed by atoms with Crippen LogP contribution in [0.4, 0.5) is 0 Å². The minimum Gasteiger partial charge on any atom is -0.456 e. The monoisotopic (exact) mass is 502 g/mol. The summed E-state index contributed by atoms with van der Waals surface area (Å²) in [5, 5.41) is 0. The molecule has 2 aromatic heterocycles. The summed E-state index contributed by atoms with van der Waals surface area (Å²) in [6.45, 7) is 20.6. The highest BCUT2D eigenvalue weighted by atomic mass is 16.5. The number of nitrogens with zero attached hydrogens (tertiary/aromatic N) is 2. The molecule has 0 saturated heterocycles. The molecule has 1 atom stereocenters. The molecule has 0 aliphatic carbocycles. The van der Waals surface area contributed by atoms with Crippen LogP contribution in [0.3, 0.4) is 0 Å². The normalized spacial score (nSPS) is 18.4. The van der Waals surface area contributed by atoms with Gasteiger partial charge in [0.25, 0.3) is 0 Å². The van der Waals surface area contributed by atoms with Crippen molar-refractivity contribution >= 4 is 0 Å². The van der Waals surface area contributed by atoms with E-state index in [0.717, 1.165) is 11.5 Å². The van der Waals surface area contributed by atoms with Crippen molar-refractivity contribution in [3.63, 3.8) is 0 Å². The molecular weight excluding hydrogens is 464 g/mol. The van der Waals surface area contributed by atoms with E-state index in [1.165, 1.54) is 50.3 Å². The fourth-order valence-corrected chi connectivity index (χ4v) is 6.63. The average molecular weight is 503 g/mol. The Hall–Kier alpha value is -3.46. The molecule has 3 aliphatic heterocycles. The Morgan fingerprint density at radius 3 is 1.63 bits per heavy atom. The molecule has 38 heavy (non-hydrogen) atoms. The molecule has 7 rings (SSSR count). The summed E-state index contributed by atoms with van der Waals surface area (Å²) >= 11 is 0. The van der Waals surface area contributed by atoms with Crippen molar-refractivity contribution < 1.29 is 13.9 Å². The van der Waals surface area contributed by atoms with E-state index in [9.17, 15) is 0 Å². The predicted octanol–water partition coefficient (Wildman–Crippen LogP) is 7.52. The van der Waals surface area contributed by atoms with Gasteiger partial charge in [0.2, 0.25) is 11.4 Å². The second kappa shape index (κ2) is 6.94. The van der Waals surface area contributed by atoms with Crippen LogP contribution in [0.15, 0.2) is 67.0 Å². The number of fused-ring (bicyclic) bond motifs is 4. The molecule has 1 spiro atoms. The van der Waals surface area contributed by atoms with E-state index in [1.807, 2.05) is 0 Å². The fraction of sp³-hybridized carbons (Fsp3) is 0.371. The van der Waals surface area contributed by atoms with Gasteiger partial charge < -0.3 is 4.74 Å². The molecule has 0 N–H and O–H groups in total. The molecule has 3 heteroatoms. The molecule has 0 fully saturated rings. The first-order valence-electron chi connectivity index (χ1n) is 13.9. The predicted molar refractivity (Wildman–Crippen MR) is 152 cm³/mol. The Balaban J connectivity index is 1.66. The SMILES string of the molecule is CC(C)(C)c1cc2c3c(c1)-c1cc(C(C)(C)C)cc[n+]1C31c3c(cccc3-c3cc(C(C)(C)C)cc[n+]31)O2. The Labute approximate surface area is 226 Å². The third-order valence-corrected chi connectivity index (χ3v) is 8.80. The Morgan fingerprint density at radius 1 is 0.553 bits per heavy atom. The van der Waals surface area contributed by atoms with Gasteiger partial charge in [-0.15, -0.1) is 9.13 Å². The summed E-state index contributed by atoms with van der Waals surface area (Å²) in [6.07, 6.45) is 4.64. The van der Waals surface area contributed by atoms with Crippen LogP contribution in [0, 0.1) is 0 Å². The van der Waals surface area contributed by atoms with Crippen molar-refractivity contribution in [3.05, 3.63) is 94.8 Å². The minimum atomic E-state index is -0.511. The van der Waals surface area contributed by atoms with Crippen molar-refractivity contribution in [3.8, 4) is 34.0 Å². The first kappa shape index (κ1) is 23.6. The summed E-state index contributed by atoms with van der Waals surface area (Å²) in [6, 6.07) is 20.7. The maximum absolute atomic E-state index is 6.82. The van der Waals surface area contributed by atoms with Crippen molar-refractivity contribution in [2.24, 2.45) is 0 Å². The molecule has 0 bridgehead atoms. The van der Waals surface area contributed by atoms with Gasteiger partial charge in [-0.3, -0.25) is 0 Å². The molecule has 0 radical (unpaired) electrons. The number of benzene rings is 2. The lowest BCUT2D eigenvalue weighted by Crippen LogP contribution is -2.72. The van der Waals surface area contributed by atoms with Gasteiger partial charge in [-0.1, -0.05) is 68.4 Å². The third kappa shape index (κ3) is 2.85. The second-order valence-electron chi connectivity index (χ2n) is 14.4. The highest BCUT2D eigenvalue weighted by Gasteiger charge is 2.71. The van der Waals surface area contributed by atoms with Gasteiger partial charge in [-0.25, -0.2) is 0 Å². The van der Waals surface area contributed by atoms with Crippen LogP contribution in [0.1, 0.15) is 90.1 Å². The zero-order valence-electron chi connectivity index (χ0n) is 24.2. The highest BCUT2D eigenvalue weighted by molar-refractivity contribution is 5.81. The van der Waals surface area contributed by atoms with Gasteiger partial charge in [0.1, 0.15) is 11.5 Å². The summed E-state index contributed by atoms with van der Waals surface area (Å²) in [4.78, 5) is 0. The third-order valence-electron chi connectivity index (χ3n) is 8.80. The molecule has 3 nitrogen and oxygen atoms in total. The van der Waals surface area contributed by atoms with Crippen LogP contribution in [-0.4, -0.2) is 0 Å². The van der Waals surface area contributed by atoms with E-state index >= 15 is 0 Å². The number of hydrogen-bond donors (Lipinski definition) is 0. The summed E-state index contributed by atoms with van der Waals surface area (Å²) in [5.41, 5.74) is 11.1. The van der Waals surface area contributed by atoms with Crippen LogP contribution in [0.2, 0.25) is 0 Å². The first-order valence-corrected chi connectivity index (χ1v) is 13.9. The molecule has 1 unspecified atom stereocenters. The lowest BCUT2D eigenvalue weighted by Gasteiger charge is -2.27. The molecule has 0 saturated carbocycles. The lowest BCUT2D eigenvalue weighted by atomic mass is 9.81. The molecule has 3 aliphatic rings. The van der Waals surface area contributed by atoms with Crippen molar-refractivity contribution in [1.29, 1.82) is 0 Å². The van der Waals surface area contributed by atoms with Gasteiger partial charge in [0.05, 0.1) is 11.1 Å². The van der Waals surface area contributed by atoms with Gasteiger partial charge in [0, 0.05) is 24.3 Å². The number of pyridine rings is 2. The molecule has 5 heterocycles. The quantitative estimate of drug-likeness (QED) is 0.196. The smallest absolute Gasteiger partial charge is 0.424 e. The molecule has 2 aromatic carbocycles. The number of aromatic nitrogens is 2. The van der Waals surface area contributed by atoms with E-state index in [2.05, 4.69) is 138 Å². The Bertz CT molecular complexity index is 1690. The van der Waals surface area contributed by atoms with Crippen molar-refractivity contribution in [1.82, 2.24) is 0 Å². The topological polar surface area (TPSA) is 17.0 Å². The Kier molecular flexibility index (Phi) is 4.32. The number of ether oxygens (including phenoxy) is 1. The zero-order valence-corrected chi connectivity index (χ0v) is 24.2. The minimum absolute atomic E-state index is 0.00156. The largest absolute Gasteiger partial charge is 0.456 e. The van der Waals surface area contributed by atoms with Gasteiger partial charge in [0.15, 0.2) is 23.5 Å². The Morgan fingerprint density at radius 2 is 1.08 bits per heavy atom. The first-order chi connectivity index (χ1) is 17.7. The fourth-order valence-electron chi connectivity index (χ4n) is 6.63. The standard InChI is InChI=1S/C35H38N2O/c1-32(2,3)21-13-15-36-26(18-21)24-11-10-12-28-30(24)35(36)31-25(17-23(34(7,8)9)20-29(31)38-28)27-19-22(33(4,5)6)14-16-37(27)35/h10-20H,1-9H3/q+2. The van der Waals surface area contributed by atoms with E-state index in [0.29, 0.717) is 0 Å². The van der Waals surface area contributed by atoms with E-state index < -0.39 is 5.66 Å². The average Bonchev–Trinajstić information content (AvgIpc) is 3.30. The van der Waals surface area contributed by atoms with Crippen molar-refractivity contribution in [2.75, 3.05) is 0 Å². The number of rotatable bonds is 0. The van der Waals surface area contributed by atoms with Crippen LogP contribution >= 0.6 is 0 Å². The molecule has 192 valence electrons. The van der Waals surface area contributed by atoms with E-state index in [4.69, 9.17) is 4.74 Å². The van der Waals surface area contributed by atoms with Gasteiger partial charge in [-0.2, -0.15) is 0 Å². The maximum atomic E-state index is 6.82. The van der Waals surface area contributed by atoms with Crippen molar-refractivity contribution in [2.45, 2.75) is 84.2 Å². The molecular formula is C35H38N2O+2. The molecule has 4 aromatic rings. The highest BCUT2D eigenvalue weighted by Crippen LogP contribution is 2.58. The van der Waals surface area contributed by atoms with Crippen LogP contribution < -0.4 is 13.9 Å². The maximum Gasteiger partial charge on any atom is 0.424 e. The van der Waals surface area contributed by atoms with Gasteiger partial charge in [-0.05, 0) is 57.2 Å². The summed E-state index contributed by atoms with van der Waals surface area (Å²) in [5.74, 6) is 1.92. The van der Waals surface area contributed by atoms with Gasteiger partial charge >= 0.3 is 5.66 Å². The summed E-state index contributed by atoms with van der Waals surface area (Å²) < 4.78 is 11.8. The summed E-state index contributed by atoms with van der Waals surface area (Å²) in [7, 11) is 0. The molecule has 0 amide bonds. The van der Waals surface area contributed by atoms with Crippen LogP contribution in [0.5, 0.6) is 11.5 Å². The lowest BCUT2D eigenvalue weighted by molar-refractivity contribution is -0.955. The van der Waals surface area contributed by atoms with E-state index in [-0.39, 0.29) is 16.2 Å². The number of hydrogen-bond acceptors (Lipinski definition) is 1. The zero-order chi connectivity index (χ0) is 27.0. The van der Waals surface area contributed by atoms with E-state index in [1.54, 1.807) is 0 Å². The second-order valence-corrected chi connectivity index (χ2v) is 14.4. The van der Waals surface area contributed by atoms with Crippen LogP contribution in [-0.2, 0) is 21.9 Å².